The van der Waals surface area contributed by atoms with E-state index in [4.69, 9.17) is 5.11 Å². The third kappa shape index (κ3) is 0.999. The topological polar surface area (TPSA) is 37.3 Å². The highest BCUT2D eigenvalue weighted by atomic mass is 16.4. The van der Waals surface area contributed by atoms with Crippen molar-refractivity contribution in [2.24, 2.45) is 16.7 Å². The van der Waals surface area contributed by atoms with Crippen molar-refractivity contribution in [2.75, 3.05) is 0 Å². The number of hydrogen-bond donors (Lipinski definition) is 1. The minimum Gasteiger partial charge on any atom is -0.481 e. The summed E-state index contributed by atoms with van der Waals surface area (Å²) >= 11 is 0. The van der Waals surface area contributed by atoms with Crippen molar-refractivity contribution in [3.05, 3.63) is 11.6 Å². The van der Waals surface area contributed by atoms with Crippen molar-refractivity contribution < 1.29 is 9.90 Å². The van der Waals surface area contributed by atoms with Crippen molar-refractivity contribution in [3.8, 4) is 0 Å². The number of carboxylic acid groups (broad SMARTS) is 1. The molecule has 2 aliphatic rings. The summed E-state index contributed by atoms with van der Waals surface area (Å²) in [4.78, 5) is 11.1. The van der Waals surface area contributed by atoms with Gasteiger partial charge in [-0.05, 0) is 31.6 Å². The Morgan fingerprint density at radius 2 is 2.21 bits per heavy atom. The number of aliphatic carboxylic acids is 1. The Morgan fingerprint density at radius 3 is 2.64 bits per heavy atom. The van der Waals surface area contributed by atoms with Crippen LogP contribution in [0.15, 0.2) is 11.6 Å². The van der Waals surface area contributed by atoms with E-state index in [0.29, 0.717) is 0 Å². The van der Waals surface area contributed by atoms with Crippen molar-refractivity contribution in [1.82, 2.24) is 0 Å². The van der Waals surface area contributed by atoms with E-state index in [-0.39, 0.29) is 16.7 Å². The van der Waals surface area contributed by atoms with Crippen LogP contribution in [0.5, 0.6) is 0 Å². The van der Waals surface area contributed by atoms with Crippen LogP contribution in [-0.2, 0) is 4.79 Å². The number of rotatable bonds is 1. The van der Waals surface area contributed by atoms with Crippen LogP contribution in [0.2, 0.25) is 0 Å². The molecular weight excluding hydrogens is 176 g/mol. The van der Waals surface area contributed by atoms with E-state index >= 15 is 0 Å². The Morgan fingerprint density at radius 1 is 1.57 bits per heavy atom. The van der Waals surface area contributed by atoms with Crippen LogP contribution in [0.3, 0.4) is 0 Å². The summed E-state index contributed by atoms with van der Waals surface area (Å²) in [6.07, 6.45) is 5.57. The maximum absolute atomic E-state index is 11.1. The van der Waals surface area contributed by atoms with Crippen LogP contribution in [0.25, 0.3) is 0 Å². The summed E-state index contributed by atoms with van der Waals surface area (Å²) in [6.45, 7) is 6.29. The van der Waals surface area contributed by atoms with Gasteiger partial charge in [-0.1, -0.05) is 25.5 Å². The highest BCUT2D eigenvalue weighted by molar-refractivity contribution is 5.78. The summed E-state index contributed by atoms with van der Waals surface area (Å²) < 4.78 is 0. The van der Waals surface area contributed by atoms with E-state index in [9.17, 15) is 4.79 Å². The molecule has 1 saturated carbocycles. The zero-order valence-electron chi connectivity index (χ0n) is 9.13. The van der Waals surface area contributed by atoms with Crippen LogP contribution in [0.4, 0.5) is 0 Å². The van der Waals surface area contributed by atoms with Gasteiger partial charge >= 0.3 is 5.97 Å². The van der Waals surface area contributed by atoms with E-state index in [2.05, 4.69) is 26.8 Å². The van der Waals surface area contributed by atoms with Crippen LogP contribution in [-0.4, -0.2) is 11.1 Å². The van der Waals surface area contributed by atoms with E-state index in [1.165, 1.54) is 5.57 Å². The molecule has 2 unspecified atom stereocenters. The first kappa shape index (κ1) is 9.75. The molecule has 0 aromatic carbocycles. The summed E-state index contributed by atoms with van der Waals surface area (Å²) in [6, 6.07) is 0. The summed E-state index contributed by atoms with van der Waals surface area (Å²) in [7, 11) is 0. The molecule has 2 aliphatic carbocycles. The molecule has 2 nitrogen and oxygen atoms in total. The fraction of sp³-hybridized carbons (Fsp3) is 0.750. The van der Waals surface area contributed by atoms with Gasteiger partial charge in [0, 0.05) is 5.41 Å². The molecule has 14 heavy (non-hydrogen) atoms. The van der Waals surface area contributed by atoms with Gasteiger partial charge in [-0.3, -0.25) is 4.79 Å². The molecule has 78 valence electrons. The van der Waals surface area contributed by atoms with E-state index < -0.39 is 5.97 Å². The molecule has 0 aromatic heterocycles. The van der Waals surface area contributed by atoms with Gasteiger partial charge in [-0.25, -0.2) is 0 Å². The maximum Gasteiger partial charge on any atom is 0.307 e. The molecular formula is C12H18O2. The Kier molecular flexibility index (Phi) is 1.82. The molecule has 1 fully saturated rings. The first-order valence-electron chi connectivity index (χ1n) is 5.33. The van der Waals surface area contributed by atoms with Gasteiger partial charge in [-0.15, -0.1) is 0 Å². The van der Waals surface area contributed by atoms with Gasteiger partial charge < -0.3 is 5.11 Å². The first-order chi connectivity index (χ1) is 6.42. The fourth-order valence-corrected chi connectivity index (χ4v) is 3.40. The molecule has 0 aliphatic heterocycles. The fourth-order valence-electron chi connectivity index (χ4n) is 3.40. The van der Waals surface area contributed by atoms with Gasteiger partial charge in [0.25, 0.3) is 0 Å². The number of hydrogen-bond acceptors (Lipinski definition) is 1. The second-order valence-electron chi connectivity index (χ2n) is 5.38. The molecule has 2 atom stereocenters. The Labute approximate surface area is 85.0 Å². The van der Waals surface area contributed by atoms with Crippen LogP contribution in [0.1, 0.15) is 40.0 Å². The SMILES string of the molecule is CC1=CC2(CCC1)C(C(=O)O)C2(C)C. The zero-order valence-corrected chi connectivity index (χ0v) is 9.13. The molecule has 0 amide bonds. The maximum atomic E-state index is 11.1. The van der Waals surface area contributed by atoms with Gasteiger partial charge in [0.2, 0.25) is 0 Å². The smallest absolute Gasteiger partial charge is 0.307 e. The van der Waals surface area contributed by atoms with E-state index in [1.54, 1.807) is 0 Å². The summed E-state index contributed by atoms with van der Waals surface area (Å²) in [5.74, 6) is -0.786. The van der Waals surface area contributed by atoms with Crippen LogP contribution in [0, 0.1) is 16.7 Å². The second-order valence-corrected chi connectivity index (χ2v) is 5.38. The van der Waals surface area contributed by atoms with Gasteiger partial charge in [0.05, 0.1) is 5.92 Å². The minimum atomic E-state index is -0.624. The molecule has 0 heterocycles. The number of allylic oxidation sites excluding steroid dienone is 2. The third-order valence-corrected chi connectivity index (χ3v) is 4.27. The molecule has 1 spiro atoms. The Bertz CT molecular complexity index is 314. The van der Waals surface area contributed by atoms with E-state index in [0.717, 1.165) is 19.3 Å². The average Bonchev–Trinajstić information content (AvgIpc) is 2.45. The normalized spacial score (nSPS) is 39.4. The minimum absolute atomic E-state index is 0.0266. The molecule has 0 saturated heterocycles. The lowest BCUT2D eigenvalue weighted by atomic mass is 9.83. The molecule has 0 bridgehead atoms. The molecule has 0 aromatic rings. The lowest BCUT2D eigenvalue weighted by Gasteiger charge is -2.22. The third-order valence-electron chi connectivity index (χ3n) is 4.27. The standard InChI is InChI=1S/C12H18O2/c1-8-5-4-6-12(7-8)9(10(13)14)11(12,2)3/h7,9H,4-6H2,1-3H3,(H,13,14). The van der Waals surface area contributed by atoms with Crippen LogP contribution < -0.4 is 0 Å². The summed E-state index contributed by atoms with van der Waals surface area (Å²) in [5.41, 5.74) is 1.30. The molecule has 2 rings (SSSR count). The molecule has 2 heteroatoms. The Hall–Kier alpha value is -0.790. The predicted molar refractivity (Wildman–Crippen MR) is 54.9 cm³/mol. The number of carbonyl (C=O) groups is 1. The lowest BCUT2D eigenvalue weighted by Crippen LogP contribution is -2.12. The predicted octanol–water partition coefficient (Wildman–Crippen LogP) is 2.84. The van der Waals surface area contributed by atoms with Crippen molar-refractivity contribution in [2.45, 2.75) is 40.0 Å². The first-order valence-corrected chi connectivity index (χ1v) is 5.33. The zero-order chi connectivity index (χ0) is 10.6. The quantitative estimate of drug-likeness (QED) is 0.652. The largest absolute Gasteiger partial charge is 0.481 e. The average molecular weight is 194 g/mol. The van der Waals surface area contributed by atoms with Crippen molar-refractivity contribution >= 4 is 5.97 Å². The Balaban J connectivity index is 2.35. The van der Waals surface area contributed by atoms with Gasteiger partial charge in [0.1, 0.15) is 0 Å². The van der Waals surface area contributed by atoms with E-state index in [1.807, 2.05) is 0 Å². The summed E-state index contributed by atoms with van der Waals surface area (Å²) in [5, 5.41) is 9.16. The molecule has 1 N–H and O–H groups in total. The monoisotopic (exact) mass is 194 g/mol. The highest BCUT2D eigenvalue weighted by Gasteiger charge is 2.72. The van der Waals surface area contributed by atoms with Crippen molar-refractivity contribution in [3.63, 3.8) is 0 Å². The highest BCUT2D eigenvalue weighted by Crippen LogP contribution is 2.73. The van der Waals surface area contributed by atoms with Gasteiger partial charge in [0.15, 0.2) is 0 Å². The number of carboxylic acids is 1. The molecule has 0 radical (unpaired) electrons. The van der Waals surface area contributed by atoms with Crippen LogP contribution >= 0.6 is 0 Å². The van der Waals surface area contributed by atoms with Gasteiger partial charge in [-0.2, -0.15) is 0 Å². The second kappa shape index (κ2) is 2.62. The van der Waals surface area contributed by atoms with Crippen molar-refractivity contribution in [1.29, 1.82) is 0 Å². The lowest BCUT2D eigenvalue weighted by molar-refractivity contribution is -0.139.